The van der Waals surface area contributed by atoms with Crippen LogP contribution in [0.4, 0.5) is 5.82 Å². The molecule has 1 atom stereocenters. The first kappa shape index (κ1) is 17.9. The maximum atomic E-state index is 12.6. The lowest BCUT2D eigenvalue weighted by molar-refractivity contribution is -0.148. The number of hydrogen-bond donors (Lipinski definition) is 1. The molecule has 1 fully saturated rings. The Labute approximate surface area is 138 Å². The lowest BCUT2D eigenvalue weighted by Crippen LogP contribution is -2.49. The summed E-state index contributed by atoms with van der Waals surface area (Å²) < 4.78 is 6.68. The van der Waals surface area contributed by atoms with Crippen LogP contribution in [0.1, 0.15) is 29.6 Å². The van der Waals surface area contributed by atoms with E-state index in [9.17, 15) is 19.2 Å². The molecule has 0 radical (unpaired) electrons. The monoisotopic (exact) mass is 338 g/mol. The van der Waals surface area contributed by atoms with Gasteiger partial charge >= 0.3 is 11.7 Å². The molecule has 0 bridgehead atoms. The molecule has 0 aromatic carbocycles. The van der Waals surface area contributed by atoms with E-state index < -0.39 is 29.0 Å². The van der Waals surface area contributed by atoms with Crippen molar-refractivity contribution in [1.82, 2.24) is 14.0 Å². The van der Waals surface area contributed by atoms with Crippen LogP contribution in [-0.4, -0.2) is 52.0 Å². The summed E-state index contributed by atoms with van der Waals surface area (Å²) in [5.74, 6) is -1.08. The minimum Gasteiger partial charge on any atom is -0.468 e. The number of nitrogen functional groups attached to an aromatic ring is 1. The number of ether oxygens (including phenoxy) is 1. The van der Waals surface area contributed by atoms with E-state index in [1.165, 1.54) is 21.2 Å². The van der Waals surface area contributed by atoms with Crippen molar-refractivity contribution in [2.45, 2.75) is 25.3 Å². The fourth-order valence-electron chi connectivity index (χ4n) is 2.97. The van der Waals surface area contributed by atoms with E-state index in [0.717, 1.165) is 22.0 Å². The highest BCUT2D eigenvalue weighted by Crippen LogP contribution is 2.19. The molecule has 1 aromatic heterocycles. The van der Waals surface area contributed by atoms with Gasteiger partial charge in [0.25, 0.3) is 5.56 Å². The SMILES string of the molecule is COC(=O)C1CCCCN1CC(=O)c1c(N)n(C)c(=O)n(C)c1=O. The molecule has 2 N–H and O–H groups in total. The van der Waals surface area contributed by atoms with Crippen LogP contribution in [0.15, 0.2) is 9.59 Å². The Bertz CT molecular complexity index is 779. The number of hydrogen-bond acceptors (Lipinski definition) is 7. The van der Waals surface area contributed by atoms with E-state index in [1.807, 2.05) is 0 Å². The topological polar surface area (TPSA) is 117 Å². The zero-order chi connectivity index (χ0) is 18.0. The minimum atomic E-state index is -0.729. The van der Waals surface area contributed by atoms with Crippen LogP contribution in [0.3, 0.4) is 0 Å². The summed E-state index contributed by atoms with van der Waals surface area (Å²) in [6.45, 7) is 0.425. The third-order valence-electron chi connectivity index (χ3n) is 4.42. The Hall–Kier alpha value is -2.42. The molecule has 24 heavy (non-hydrogen) atoms. The quantitative estimate of drug-likeness (QED) is 0.546. The van der Waals surface area contributed by atoms with Gasteiger partial charge in [-0.05, 0) is 19.4 Å². The van der Waals surface area contributed by atoms with Gasteiger partial charge in [-0.25, -0.2) is 4.79 Å². The summed E-state index contributed by atoms with van der Waals surface area (Å²) in [5, 5.41) is 0. The molecular formula is C15H22N4O5. The number of piperidine rings is 1. The first-order valence-electron chi connectivity index (χ1n) is 7.70. The average molecular weight is 338 g/mol. The normalized spacial score (nSPS) is 18.4. The number of nitrogens with zero attached hydrogens (tertiary/aromatic N) is 3. The molecule has 9 heteroatoms. The van der Waals surface area contributed by atoms with E-state index in [4.69, 9.17) is 10.5 Å². The Morgan fingerprint density at radius 3 is 2.50 bits per heavy atom. The fourth-order valence-corrected chi connectivity index (χ4v) is 2.97. The van der Waals surface area contributed by atoms with Gasteiger partial charge in [-0.1, -0.05) is 6.42 Å². The molecular weight excluding hydrogens is 316 g/mol. The number of rotatable bonds is 4. The molecule has 1 aromatic rings. The first-order valence-corrected chi connectivity index (χ1v) is 7.70. The summed E-state index contributed by atoms with van der Waals surface area (Å²) >= 11 is 0. The van der Waals surface area contributed by atoms with Gasteiger partial charge in [0.2, 0.25) is 0 Å². The third kappa shape index (κ3) is 3.12. The van der Waals surface area contributed by atoms with Crippen LogP contribution < -0.4 is 17.0 Å². The second-order valence-electron chi connectivity index (χ2n) is 5.89. The van der Waals surface area contributed by atoms with E-state index in [-0.39, 0.29) is 17.9 Å². The molecule has 0 amide bonds. The lowest BCUT2D eigenvalue weighted by Gasteiger charge is -2.33. The van der Waals surface area contributed by atoms with Crippen molar-refractivity contribution >= 4 is 17.6 Å². The van der Waals surface area contributed by atoms with E-state index >= 15 is 0 Å². The van der Waals surface area contributed by atoms with E-state index in [2.05, 4.69) is 0 Å². The highest BCUT2D eigenvalue weighted by Gasteiger charge is 2.32. The number of methoxy groups -OCH3 is 1. The molecule has 2 heterocycles. The number of Topliss-reactive ketones (excluding diaryl/α,β-unsaturated/α-hetero) is 1. The van der Waals surface area contributed by atoms with Gasteiger partial charge in [0.15, 0.2) is 5.78 Å². The standard InChI is InChI=1S/C15H22N4O5/c1-17-12(16)11(13(21)18(2)15(17)23)10(20)8-19-7-5-4-6-9(19)14(22)24-3/h9H,4-8,16H2,1-3H3. The van der Waals surface area contributed by atoms with Crippen molar-refractivity contribution < 1.29 is 14.3 Å². The largest absolute Gasteiger partial charge is 0.468 e. The highest BCUT2D eigenvalue weighted by molar-refractivity contribution is 6.01. The summed E-state index contributed by atoms with van der Waals surface area (Å²) in [6.07, 6.45) is 2.32. The van der Waals surface area contributed by atoms with Gasteiger partial charge in [-0.3, -0.25) is 28.4 Å². The zero-order valence-corrected chi connectivity index (χ0v) is 14.1. The third-order valence-corrected chi connectivity index (χ3v) is 4.42. The van der Waals surface area contributed by atoms with Crippen molar-refractivity contribution in [3.63, 3.8) is 0 Å². The summed E-state index contributed by atoms with van der Waals surface area (Å²) in [5.41, 5.74) is 4.24. The van der Waals surface area contributed by atoms with Crippen molar-refractivity contribution in [3.05, 3.63) is 26.4 Å². The predicted molar refractivity (Wildman–Crippen MR) is 86.9 cm³/mol. The first-order chi connectivity index (χ1) is 11.3. The van der Waals surface area contributed by atoms with Crippen molar-refractivity contribution in [3.8, 4) is 0 Å². The molecule has 1 aliphatic heterocycles. The number of aromatic nitrogens is 2. The Morgan fingerprint density at radius 1 is 1.21 bits per heavy atom. The van der Waals surface area contributed by atoms with Crippen LogP contribution in [-0.2, 0) is 23.6 Å². The predicted octanol–water partition coefficient (Wildman–Crippen LogP) is -1.12. The number of anilines is 1. The molecule has 132 valence electrons. The second kappa shape index (κ2) is 7.00. The molecule has 1 aliphatic rings. The van der Waals surface area contributed by atoms with Crippen LogP contribution in [0.5, 0.6) is 0 Å². The lowest BCUT2D eigenvalue weighted by atomic mass is 10.0. The number of carbonyl (C=O) groups excluding carboxylic acids is 2. The van der Waals surface area contributed by atoms with Crippen LogP contribution >= 0.6 is 0 Å². The van der Waals surface area contributed by atoms with Gasteiger partial charge in [0.05, 0.1) is 13.7 Å². The van der Waals surface area contributed by atoms with Gasteiger partial charge < -0.3 is 10.5 Å². The van der Waals surface area contributed by atoms with Gasteiger partial charge in [0, 0.05) is 14.1 Å². The summed E-state index contributed by atoms with van der Waals surface area (Å²) in [6, 6.07) is -0.509. The van der Waals surface area contributed by atoms with Gasteiger partial charge in [-0.15, -0.1) is 0 Å². The number of likely N-dealkylation sites (tertiary alicyclic amines) is 1. The number of ketones is 1. The Balaban J connectivity index is 2.35. The van der Waals surface area contributed by atoms with Crippen LogP contribution in [0.2, 0.25) is 0 Å². The molecule has 2 rings (SSSR count). The van der Waals surface area contributed by atoms with Crippen LogP contribution in [0.25, 0.3) is 0 Å². The molecule has 0 spiro atoms. The van der Waals surface area contributed by atoms with Crippen molar-refractivity contribution in [1.29, 1.82) is 0 Å². The second-order valence-corrected chi connectivity index (χ2v) is 5.89. The summed E-state index contributed by atoms with van der Waals surface area (Å²) in [4.78, 5) is 50.3. The molecule has 1 unspecified atom stereocenters. The smallest absolute Gasteiger partial charge is 0.332 e. The Kier molecular flexibility index (Phi) is 5.23. The van der Waals surface area contributed by atoms with Gasteiger partial charge in [-0.2, -0.15) is 0 Å². The molecule has 0 saturated carbocycles. The van der Waals surface area contributed by atoms with Crippen LogP contribution in [0, 0.1) is 0 Å². The van der Waals surface area contributed by atoms with E-state index in [1.54, 1.807) is 4.90 Å². The Morgan fingerprint density at radius 2 is 1.88 bits per heavy atom. The number of esters is 1. The molecule has 9 nitrogen and oxygen atoms in total. The van der Waals surface area contributed by atoms with Crippen molar-refractivity contribution in [2.75, 3.05) is 25.9 Å². The molecule has 1 saturated heterocycles. The van der Waals surface area contributed by atoms with E-state index in [0.29, 0.717) is 13.0 Å². The maximum Gasteiger partial charge on any atom is 0.332 e. The van der Waals surface area contributed by atoms with Crippen molar-refractivity contribution in [2.24, 2.45) is 14.1 Å². The highest BCUT2D eigenvalue weighted by atomic mass is 16.5. The maximum absolute atomic E-state index is 12.6. The van der Waals surface area contributed by atoms with Gasteiger partial charge in [0.1, 0.15) is 17.4 Å². The zero-order valence-electron chi connectivity index (χ0n) is 14.1. The summed E-state index contributed by atoms with van der Waals surface area (Å²) in [7, 11) is 3.99. The molecule has 0 aliphatic carbocycles. The number of nitrogens with two attached hydrogens (primary N) is 1. The average Bonchev–Trinajstić information content (AvgIpc) is 2.58. The fraction of sp³-hybridized carbons (Fsp3) is 0.600. The minimum absolute atomic E-state index is 0.128. The number of carbonyl (C=O) groups is 2.